The minimum atomic E-state index is -5.29. The molecule has 0 unspecified atom stereocenters. The quantitative estimate of drug-likeness (QED) is 0.182. The van der Waals surface area contributed by atoms with E-state index in [0.717, 1.165) is 36.8 Å². The van der Waals surface area contributed by atoms with Gasteiger partial charge in [-0.2, -0.15) is 25.3 Å². The molecule has 0 aliphatic heterocycles. The van der Waals surface area contributed by atoms with Gasteiger partial charge in [0.15, 0.2) is 0 Å². The summed E-state index contributed by atoms with van der Waals surface area (Å²) in [7, 11) is -15.6. The van der Waals surface area contributed by atoms with Crippen molar-refractivity contribution >= 4 is 31.2 Å². The van der Waals surface area contributed by atoms with E-state index in [1.807, 2.05) is 6.07 Å². The van der Waals surface area contributed by atoms with Crippen LogP contribution in [0.1, 0.15) is 91.0 Å². The molecule has 268 valence electrons. The van der Waals surface area contributed by atoms with Gasteiger partial charge in [0.1, 0.15) is 12.2 Å². The summed E-state index contributed by atoms with van der Waals surface area (Å²) in [5.74, 6) is -0.603. The fourth-order valence-corrected chi connectivity index (χ4v) is 11.7. The van der Waals surface area contributed by atoms with E-state index in [-0.39, 0.29) is 24.2 Å². The minimum Gasteiger partial charge on any atom is -0.472 e. The molecule has 17 heteroatoms. The average Bonchev–Trinajstić information content (AvgIpc) is 3.54. The van der Waals surface area contributed by atoms with Crippen molar-refractivity contribution in [1.29, 1.82) is 0 Å². The van der Waals surface area contributed by atoms with Crippen molar-refractivity contribution in [3.05, 3.63) is 35.8 Å². The van der Waals surface area contributed by atoms with Gasteiger partial charge in [0.2, 0.25) is 0 Å². The Morgan fingerprint density at radius 2 is 1.53 bits per heavy atom. The molecule has 3 fully saturated rings. The van der Waals surface area contributed by atoms with Gasteiger partial charge in [0.25, 0.3) is 0 Å². The zero-order valence-electron chi connectivity index (χ0n) is 27.1. The third kappa shape index (κ3) is 6.99. The minimum absolute atomic E-state index is 0.0378. The van der Waals surface area contributed by atoms with Crippen LogP contribution in [0.3, 0.4) is 0 Å². The lowest BCUT2D eigenvalue weighted by Gasteiger charge is -2.63. The van der Waals surface area contributed by atoms with E-state index in [0.29, 0.717) is 24.2 Å². The predicted molar refractivity (Wildman–Crippen MR) is 167 cm³/mol. The van der Waals surface area contributed by atoms with Crippen LogP contribution in [-0.2, 0) is 43.7 Å². The topological polar surface area (TPSA) is 224 Å². The van der Waals surface area contributed by atoms with Crippen molar-refractivity contribution in [3.8, 4) is 0 Å². The number of furan rings is 1. The average molecular weight is 727 g/mol. The summed E-state index contributed by atoms with van der Waals surface area (Å²) < 4.78 is 120. The summed E-state index contributed by atoms with van der Waals surface area (Å²) in [4.78, 5) is 0. The van der Waals surface area contributed by atoms with Gasteiger partial charge in [0.05, 0.1) is 24.7 Å². The van der Waals surface area contributed by atoms with Crippen LogP contribution in [0.2, 0.25) is 0 Å². The highest BCUT2D eigenvalue weighted by Crippen LogP contribution is 2.72. The highest BCUT2D eigenvalue weighted by Gasteiger charge is 2.68. The molecule has 47 heavy (non-hydrogen) atoms. The molecule has 0 amide bonds. The Labute approximate surface area is 277 Å². The fraction of sp³-hybridized carbons (Fsp3) is 0.800. The second-order valence-corrected chi connectivity index (χ2v) is 18.0. The molecule has 4 aliphatic carbocycles. The van der Waals surface area contributed by atoms with Crippen molar-refractivity contribution in [2.45, 2.75) is 110 Å². The molecule has 1 aromatic heterocycles. The first-order chi connectivity index (χ1) is 21.5. The second-order valence-electron chi connectivity index (χ2n) is 14.9. The molecule has 5 rings (SSSR count). The number of hydrogen-bond acceptors (Lipinski definition) is 11. The summed E-state index contributed by atoms with van der Waals surface area (Å²) in [5, 5.41) is 11.6. The number of aliphatic hydroxyl groups excluding tert-OH is 1. The smallest absolute Gasteiger partial charge is 0.397 e. The number of hydrogen-bond donors (Lipinski definition) is 4. The number of rotatable bonds is 11. The summed E-state index contributed by atoms with van der Waals surface area (Å²) in [6.07, 6.45) is 2.22. The lowest BCUT2D eigenvalue weighted by atomic mass is 9.43. The van der Waals surface area contributed by atoms with Crippen LogP contribution in [0.15, 0.2) is 34.7 Å². The van der Waals surface area contributed by atoms with Crippen LogP contribution in [0, 0.1) is 39.9 Å². The van der Waals surface area contributed by atoms with E-state index in [4.69, 9.17) is 12.8 Å². The summed E-state index contributed by atoms with van der Waals surface area (Å²) >= 11 is 0. The Morgan fingerprint density at radius 3 is 2.11 bits per heavy atom. The van der Waals surface area contributed by atoms with Crippen molar-refractivity contribution in [2.24, 2.45) is 39.9 Å². The standard InChI is InChI=1S/C30H46O14S3/c1-17(19-10-13-41-16-19)6-7-18(2)20-8-11-30(5)22-14-23(42-45(32,33)34)25-26(31)27(44-47(38,39)40)24(43-46(35,36)37)15-28(25,3)21(22)9-12-29(20,30)4/h9-10,13,16-18,20,22-27,31H,6-8,11-12,14-15H2,1-5H3,(H,32,33,34)(H,35,36,37)(H,38,39,40)/t17-,18+,20+,22+,23-,24-,25-,26+,27+,28+,29+,30-/m0/s1. The zero-order valence-corrected chi connectivity index (χ0v) is 29.5. The first kappa shape index (κ1) is 36.9. The lowest BCUT2D eigenvalue weighted by molar-refractivity contribution is -0.179. The maximum Gasteiger partial charge on any atom is 0.397 e. The highest BCUT2D eigenvalue weighted by molar-refractivity contribution is 7.81. The van der Waals surface area contributed by atoms with Gasteiger partial charge in [-0.05, 0) is 96.5 Å². The Balaban J connectivity index is 1.53. The maximum absolute atomic E-state index is 12.2. The molecule has 1 aromatic rings. The maximum atomic E-state index is 12.2. The predicted octanol–water partition coefficient (Wildman–Crippen LogP) is 4.52. The molecule has 14 nitrogen and oxygen atoms in total. The first-order valence-corrected chi connectivity index (χ1v) is 20.0. The molecule has 0 bridgehead atoms. The Morgan fingerprint density at radius 1 is 0.915 bits per heavy atom. The van der Waals surface area contributed by atoms with Crippen LogP contribution in [0.5, 0.6) is 0 Å². The Hall–Kier alpha value is -1.41. The molecule has 12 atom stereocenters. The highest BCUT2D eigenvalue weighted by atomic mass is 32.3. The number of fused-ring (bicyclic) bond motifs is 5. The van der Waals surface area contributed by atoms with Crippen molar-refractivity contribution in [3.63, 3.8) is 0 Å². The summed E-state index contributed by atoms with van der Waals surface area (Å²) in [5.41, 5.74) is 0.0233. The molecule has 4 aliphatic rings. The normalized spacial score (nSPS) is 40.5. The monoisotopic (exact) mass is 726 g/mol. The number of allylic oxidation sites excluding steroid dienone is 2. The molecular formula is C30H46O14S3. The van der Waals surface area contributed by atoms with Crippen LogP contribution in [-0.4, -0.2) is 68.4 Å². The van der Waals surface area contributed by atoms with E-state index in [9.17, 15) is 44.0 Å². The van der Waals surface area contributed by atoms with Crippen LogP contribution in [0.4, 0.5) is 0 Å². The van der Waals surface area contributed by atoms with Gasteiger partial charge in [-0.25, -0.2) is 12.5 Å². The number of aliphatic hydroxyl groups is 1. The van der Waals surface area contributed by atoms with Crippen LogP contribution in [0.25, 0.3) is 0 Å². The summed E-state index contributed by atoms with van der Waals surface area (Å²) in [6, 6.07) is 1.98. The van der Waals surface area contributed by atoms with Gasteiger partial charge >= 0.3 is 31.2 Å². The van der Waals surface area contributed by atoms with E-state index in [2.05, 4.69) is 38.0 Å². The molecule has 0 aromatic carbocycles. The Kier molecular flexibility index (Phi) is 9.74. The van der Waals surface area contributed by atoms with Crippen LogP contribution >= 0.6 is 0 Å². The lowest BCUT2D eigenvalue weighted by Crippen LogP contribution is -2.65. The van der Waals surface area contributed by atoms with Gasteiger partial charge in [-0.3, -0.25) is 13.7 Å². The van der Waals surface area contributed by atoms with Gasteiger partial charge in [-0.1, -0.05) is 46.3 Å². The first-order valence-electron chi connectivity index (χ1n) is 15.9. The molecule has 3 saturated carbocycles. The third-order valence-electron chi connectivity index (χ3n) is 12.5. The van der Waals surface area contributed by atoms with E-state index in [1.54, 1.807) is 19.5 Å². The second kappa shape index (κ2) is 12.4. The molecular weight excluding hydrogens is 681 g/mol. The van der Waals surface area contributed by atoms with E-state index >= 15 is 0 Å². The van der Waals surface area contributed by atoms with E-state index in [1.165, 1.54) is 0 Å². The van der Waals surface area contributed by atoms with Gasteiger partial charge in [0, 0.05) is 5.92 Å². The fourth-order valence-electron chi connectivity index (χ4n) is 10.2. The third-order valence-corrected chi connectivity index (χ3v) is 14.0. The molecule has 4 N–H and O–H groups in total. The molecule has 0 saturated heterocycles. The van der Waals surface area contributed by atoms with Gasteiger partial charge < -0.3 is 9.52 Å². The zero-order chi connectivity index (χ0) is 35.0. The molecule has 0 radical (unpaired) electrons. The molecule has 0 spiro atoms. The van der Waals surface area contributed by atoms with Crippen molar-refractivity contribution in [1.82, 2.24) is 0 Å². The van der Waals surface area contributed by atoms with Crippen molar-refractivity contribution < 1.29 is 61.0 Å². The van der Waals surface area contributed by atoms with Crippen molar-refractivity contribution in [2.75, 3.05) is 0 Å². The SMILES string of the molecule is C[C@H](CC[C@H](C)c1ccoc1)[C@H]1CC[C@@]2(C)[C@@H]3C[C@H](OS(=O)(=O)O)[C@H]4[C@@H](O)[C@H](OS(=O)(=O)O)[C@@H](OS(=O)(=O)O)C[C@]4(C)C3=CC[C@]12C. The molecule has 1 heterocycles. The summed E-state index contributed by atoms with van der Waals surface area (Å²) in [6.45, 7) is 10.5. The van der Waals surface area contributed by atoms with Crippen LogP contribution < -0.4 is 0 Å². The van der Waals surface area contributed by atoms with Gasteiger partial charge in [-0.15, -0.1) is 0 Å². The van der Waals surface area contributed by atoms with E-state index < -0.39 is 72.4 Å². The Bertz CT molecular complexity index is 1670. The largest absolute Gasteiger partial charge is 0.472 e.